The summed E-state index contributed by atoms with van der Waals surface area (Å²) in [5, 5.41) is 9.14. The van der Waals surface area contributed by atoms with Gasteiger partial charge in [-0.25, -0.2) is 14.4 Å². The van der Waals surface area contributed by atoms with Crippen molar-refractivity contribution in [2.24, 2.45) is 0 Å². The minimum atomic E-state index is -0.524. The molecule has 0 aliphatic heterocycles. The number of rotatable bonds is 7. The normalized spacial score (nSPS) is 10.6. The third-order valence-electron chi connectivity index (χ3n) is 4.26. The molecule has 7 nitrogen and oxygen atoms in total. The third kappa shape index (κ3) is 5.34. The average Bonchev–Trinajstić information content (AvgIpc) is 3.44. The molecule has 0 atom stereocenters. The zero-order valence-electron chi connectivity index (χ0n) is 16.8. The van der Waals surface area contributed by atoms with E-state index in [0.29, 0.717) is 34.4 Å². The van der Waals surface area contributed by atoms with Crippen molar-refractivity contribution in [2.45, 2.75) is 13.5 Å². The van der Waals surface area contributed by atoms with Crippen molar-refractivity contribution in [1.29, 1.82) is 0 Å². The quantitative estimate of drug-likeness (QED) is 0.389. The first-order chi connectivity index (χ1) is 15.5. The van der Waals surface area contributed by atoms with E-state index in [1.807, 2.05) is 5.38 Å². The second-order valence-corrected chi connectivity index (χ2v) is 8.24. The van der Waals surface area contributed by atoms with Crippen LogP contribution in [0.15, 0.2) is 58.7 Å². The molecule has 2 amide bonds. The number of amides is 2. The molecule has 2 aromatic heterocycles. The lowest BCUT2D eigenvalue weighted by molar-refractivity contribution is -0.114. The third-order valence-corrected chi connectivity index (χ3v) is 5.65. The van der Waals surface area contributed by atoms with Gasteiger partial charge in [-0.15, -0.1) is 22.7 Å². The maximum Gasteiger partial charge on any atom is 0.257 e. The van der Waals surface area contributed by atoms with Crippen LogP contribution < -0.4 is 15.4 Å². The van der Waals surface area contributed by atoms with E-state index < -0.39 is 5.82 Å². The van der Waals surface area contributed by atoms with Crippen LogP contribution in [-0.4, -0.2) is 21.8 Å². The maximum atomic E-state index is 14.5. The van der Waals surface area contributed by atoms with E-state index in [4.69, 9.17) is 4.74 Å². The van der Waals surface area contributed by atoms with Crippen molar-refractivity contribution in [1.82, 2.24) is 9.97 Å². The van der Waals surface area contributed by atoms with Gasteiger partial charge in [0.1, 0.15) is 18.2 Å². The van der Waals surface area contributed by atoms with Gasteiger partial charge in [-0.1, -0.05) is 6.07 Å². The van der Waals surface area contributed by atoms with Crippen molar-refractivity contribution in [3.63, 3.8) is 0 Å². The monoisotopic (exact) mass is 468 g/mol. The molecule has 0 saturated heterocycles. The van der Waals surface area contributed by atoms with Gasteiger partial charge in [-0.05, 0) is 36.4 Å². The fourth-order valence-corrected chi connectivity index (χ4v) is 4.07. The summed E-state index contributed by atoms with van der Waals surface area (Å²) >= 11 is 2.67. The Hall–Kier alpha value is -3.63. The van der Waals surface area contributed by atoms with Crippen LogP contribution >= 0.6 is 22.7 Å². The van der Waals surface area contributed by atoms with Crippen molar-refractivity contribution in [2.75, 3.05) is 10.6 Å². The topological polar surface area (TPSA) is 93.2 Å². The first kappa shape index (κ1) is 21.6. The average molecular weight is 469 g/mol. The van der Waals surface area contributed by atoms with Crippen LogP contribution in [-0.2, 0) is 11.4 Å². The van der Waals surface area contributed by atoms with Crippen LogP contribution in [0.25, 0.3) is 11.3 Å². The van der Waals surface area contributed by atoms with Gasteiger partial charge in [0, 0.05) is 34.5 Å². The van der Waals surface area contributed by atoms with Crippen LogP contribution in [0, 0.1) is 5.82 Å². The Bertz CT molecular complexity index is 1260. The van der Waals surface area contributed by atoms with E-state index in [0.717, 1.165) is 5.69 Å². The lowest BCUT2D eigenvalue weighted by Gasteiger charge is -2.07. The van der Waals surface area contributed by atoms with Gasteiger partial charge in [0.25, 0.3) is 5.91 Å². The molecule has 0 aliphatic carbocycles. The van der Waals surface area contributed by atoms with E-state index >= 15 is 0 Å². The largest absolute Gasteiger partial charge is 0.487 e. The molecule has 0 spiro atoms. The van der Waals surface area contributed by atoms with Crippen LogP contribution in [0.1, 0.15) is 23.0 Å². The molecular formula is C22H17FN4O3S2. The maximum absolute atomic E-state index is 14.5. The number of aromatic nitrogens is 2. The number of nitrogens with zero attached hydrogens (tertiary/aromatic N) is 2. The molecule has 2 aromatic carbocycles. The van der Waals surface area contributed by atoms with Crippen LogP contribution in [0.4, 0.5) is 15.2 Å². The molecular weight excluding hydrogens is 451 g/mol. The summed E-state index contributed by atoms with van der Waals surface area (Å²) in [4.78, 5) is 32.2. The van der Waals surface area contributed by atoms with Crippen molar-refractivity contribution in [3.05, 3.63) is 75.8 Å². The zero-order valence-corrected chi connectivity index (χ0v) is 18.4. The van der Waals surface area contributed by atoms with Gasteiger partial charge in [0.05, 0.1) is 16.9 Å². The molecule has 4 rings (SSSR count). The Kier molecular flexibility index (Phi) is 6.52. The number of hydrogen-bond acceptors (Lipinski definition) is 7. The molecule has 32 heavy (non-hydrogen) atoms. The predicted octanol–water partition coefficient (Wildman–Crippen LogP) is 5.20. The Morgan fingerprint density at radius 3 is 2.75 bits per heavy atom. The van der Waals surface area contributed by atoms with Gasteiger partial charge in [0.2, 0.25) is 5.91 Å². The number of hydrogen-bond donors (Lipinski definition) is 2. The fourth-order valence-electron chi connectivity index (χ4n) is 2.82. The van der Waals surface area contributed by atoms with E-state index in [-0.39, 0.29) is 17.4 Å². The van der Waals surface area contributed by atoms with Crippen LogP contribution in [0.5, 0.6) is 5.75 Å². The van der Waals surface area contributed by atoms with Gasteiger partial charge >= 0.3 is 0 Å². The highest BCUT2D eigenvalue weighted by molar-refractivity contribution is 7.14. The molecule has 10 heteroatoms. The fraction of sp³-hybridized carbons (Fsp3) is 0.0909. The summed E-state index contributed by atoms with van der Waals surface area (Å²) in [6.45, 7) is 1.67. The highest BCUT2D eigenvalue weighted by Gasteiger charge is 2.14. The smallest absolute Gasteiger partial charge is 0.257 e. The Balaban J connectivity index is 1.43. The molecule has 2 heterocycles. The molecule has 0 fully saturated rings. The number of anilines is 2. The Morgan fingerprint density at radius 1 is 1.12 bits per heavy atom. The molecule has 0 radical (unpaired) electrons. The SMILES string of the molecule is CC(=O)Nc1ccc(-c2csc(NC(=O)c3cccc(OCc4cscn4)c3)n2)c(F)c1. The summed E-state index contributed by atoms with van der Waals surface area (Å²) in [5.41, 5.74) is 3.97. The lowest BCUT2D eigenvalue weighted by atomic mass is 10.1. The number of carbonyl (C=O) groups excluding carboxylic acids is 2. The van der Waals surface area contributed by atoms with Crippen LogP contribution in [0.3, 0.4) is 0 Å². The van der Waals surface area contributed by atoms with Gasteiger partial charge in [-0.3, -0.25) is 14.9 Å². The second-order valence-electron chi connectivity index (χ2n) is 6.66. The molecule has 0 unspecified atom stereocenters. The first-order valence-electron chi connectivity index (χ1n) is 9.42. The molecule has 0 saturated carbocycles. The van der Waals surface area contributed by atoms with Crippen molar-refractivity contribution >= 4 is 45.3 Å². The molecule has 0 bridgehead atoms. The highest BCUT2D eigenvalue weighted by atomic mass is 32.1. The minimum absolute atomic E-state index is 0.272. The van der Waals surface area contributed by atoms with E-state index in [1.54, 1.807) is 41.2 Å². The molecule has 162 valence electrons. The highest BCUT2D eigenvalue weighted by Crippen LogP contribution is 2.29. The standard InChI is InChI=1S/C22H17FN4O3S2/c1-13(28)25-15-5-6-18(19(23)8-15)20-11-32-22(26-20)27-21(29)14-3-2-4-17(7-14)30-9-16-10-31-12-24-16/h2-8,10-12H,9H2,1H3,(H,25,28)(H,26,27,29). The molecule has 2 N–H and O–H groups in total. The molecule has 4 aromatic rings. The van der Waals surface area contributed by atoms with Gasteiger partial charge in [-0.2, -0.15) is 0 Å². The predicted molar refractivity (Wildman–Crippen MR) is 123 cm³/mol. The van der Waals surface area contributed by atoms with Crippen molar-refractivity contribution in [3.8, 4) is 17.0 Å². The number of thiazole rings is 2. The van der Waals surface area contributed by atoms with E-state index in [2.05, 4.69) is 20.6 Å². The number of benzene rings is 2. The summed E-state index contributed by atoms with van der Waals surface area (Å²) in [7, 11) is 0. The number of carbonyl (C=O) groups is 2. The second kappa shape index (κ2) is 9.67. The molecule has 0 aliphatic rings. The van der Waals surface area contributed by atoms with Crippen molar-refractivity contribution < 1.29 is 18.7 Å². The Labute approximate surface area is 190 Å². The summed E-state index contributed by atoms with van der Waals surface area (Å²) < 4.78 is 20.1. The number of nitrogens with one attached hydrogen (secondary N) is 2. The lowest BCUT2D eigenvalue weighted by Crippen LogP contribution is -2.11. The Morgan fingerprint density at radius 2 is 2.00 bits per heavy atom. The summed E-state index contributed by atoms with van der Waals surface area (Å²) in [6, 6.07) is 11.1. The number of ether oxygens (including phenoxy) is 1. The summed E-state index contributed by atoms with van der Waals surface area (Å²) in [6.07, 6.45) is 0. The minimum Gasteiger partial charge on any atom is -0.487 e. The van der Waals surface area contributed by atoms with E-state index in [9.17, 15) is 14.0 Å². The first-order valence-corrected chi connectivity index (χ1v) is 11.2. The van der Waals surface area contributed by atoms with E-state index in [1.165, 1.54) is 41.7 Å². The zero-order chi connectivity index (χ0) is 22.5. The van der Waals surface area contributed by atoms with Gasteiger partial charge < -0.3 is 10.1 Å². The number of halogens is 1. The van der Waals surface area contributed by atoms with Crippen LogP contribution in [0.2, 0.25) is 0 Å². The summed E-state index contributed by atoms with van der Waals surface area (Å²) in [5.74, 6) is -0.615. The van der Waals surface area contributed by atoms with Gasteiger partial charge in [0.15, 0.2) is 5.13 Å².